The van der Waals surface area contributed by atoms with Crippen molar-refractivity contribution in [1.82, 2.24) is 10.4 Å². The summed E-state index contributed by atoms with van der Waals surface area (Å²) in [5, 5.41) is 10.9. The summed E-state index contributed by atoms with van der Waals surface area (Å²) in [7, 11) is 1.58. The second kappa shape index (κ2) is 13.4. The van der Waals surface area contributed by atoms with E-state index in [1.165, 1.54) is 0 Å². The summed E-state index contributed by atoms with van der Waals surface area (Å²) in [6, 6.07) is 14.6. The normalized spacial score (nSPS) is 20.7. The molecule has 0 aliphatic carbocycles. The summed E-state index contributed by atoms with van der Waals surface area (Å²) >= 11 is 0. The van der Waals surface area contributed by atoms with Crippen LogP contribution in [0.5, 0.6) is 11.5 Å². The fraction of sp³-hybridized carbons (Fsp3) is 0.516. The smallest absolute Gasteiger partial charge is 0.306 e. The number of benzene rings is 2. The zero-order valence-corrected chi connectivity index (χ0v) is 24.4. The van der Waals surface area contributed by atoms with Gasteiger partial charge in [-0.05, 0) is 82.0 Å². The molecule has 2 heterocycles. The molecule has 4 rings (SSSR count). The molecule has 1 saturated heterocycles. The van der Waals surface area contributed by atoms with Gasteiger partial charge in [0.25, 0.3) is 5.91 Å². The number of ether oxygens (including phenoxy) is 4. The Balaban J connectivity index is 1.72. The lowest BCUT2D eigenvalue weighted by atomic mass is 9.83. The molecule has 222 valence electrons. The number of methoxy groups -OCH3 is 1. The maximum atomic E-state index is 14.2. The molecule has 2 aromatic carbocycles. The molecule has 2 aliphatic rings. The maximum Gasteiger partial charge on any atom is 0.306 e. The van der Waals surface area contributed by atoms with Gasteiger partial charge in [-0.25, -0.2) is 10.0 Å². The molecule has 10 nitrogen and oxygen atoms in total. The summed E-state index contributed by atoms with van der Waals surface area (Å²) in [6.07, 6.45) is 1.74. The van der Waals surface area contributed by atoms with Crippen molar-refractivity contribution >= 4 is 17.8 Å². The van der Waals surface area contributed by atoms with Crippen molar-refractivity contribution in [2.24, 2.45) is 4.99 Å². The van der Waals surface area contributed by atoms with Crippen LogP contribution in [-0.4, -0.2) is 72.4 Å². The molecule has 41 heavy (non-hydrogen) atoms. The van der Waals surface area contributed by atoms with Gasteiger partial charge in [0.05, 0.1) is 13.7 Å². The van der Waals surface area contributed by atoms with Gasteiger partial charge >= 0.3 is 5.97 Å². The Morgan fingerprint density at radius 1 is 1.12 bits per heavy atom. The molecular formula is C31H41N3O7. The third-order valence-electron chi connectivity index (χ3n) is 6.92. The number of hydrogen-bond acceptors (Lipinski definition) is 9. The second-order valence-electron chi connectivity index (χ2n) is 11.3. The Bertz CT molecular complexity index is 1220. The van der Waals surface area contributed by atoms with Gasteiger partial charge in [0.2, 0.25) is 5.90 Å². The van der Waals surface area contributed by atoms with Crippen LogP contribution in [0.1, 0.15) is 70.1 Å². The lowest BCUT2D eigenvalue weighted by Crippen LogP contribution is -2.53. The molecule has 0 bridgehead atoms. The highest BCUT2D eigenvalue weighted by Crippen LogP contribution is 2.44. The molecule has 2 atom stereocenters. The standard InChI is InChI=1S/C31H41N3O7/c1-30(2,3)41-26(36)15-16-31(29(37)33-34-17-5-6-18-34)27(23-9-7-10-25(21-23)38-4)40-28(32-31)22-11-13-24(14-12-22)39-20-8-19-35/h7,9-14,21,27,35H,5-6,8,15-20H2,1-4H3,(H,33,37)/t27-,31-/m0/s1. The first kappa shape index (κ1) is 30.3. The zero-order valence-electron chi connectivity index (χ0n) is 24.4. The minimum atomic E-state index is -1.45. The molecule has 0 saturated carbocycles. The van der Waals surface area contributed by atoms with E-state index in [1.54, 1.807) is 19.2 Å². The van der Waals surface area contributed by atoms with E-state index in [0.29, 0.717) is 41.6 Å². The van der Waals surface area contributed by atoms with Gasteiger partial charge in [-0.15, -0.1) is 0 Å². The third-order valence-corrected chi connectivity index (χ3v) is 6.92. The lowest BCUT2D eigenvalue weighted by Gasteiger charge is -2.32. The van der Waals surface area contributed by atoms with E-state index in [0.717, 1.165) is 25.9 Å². The summed E-state index contributed by atoms with van der Waals surface area (Å²) in [6.45, 7) is 7.37. The van der Waals surface area contributed by atoms with Crippen LogP contribution in [0.25, 0.3) is 0 Å². The van der Waals surface area contributed by atoms with Crippen LogP contribution < -0.4 is 14.9 Å². The van der Waals surface area contributed by atoms with E-state index in [9.17, 15) is 9.59 Å². The van der Waals surface area contributed by atoms with Crippen LogP contribution in [0.15, 0.2) is 53.5 Å². The van der Waals surface area contributed by atoms with Crippen molar-refractivity contribution in [2.75, 3.05) is 33.4 Å². The highest BCUT2D eigenvalue weighted by atomic mass is 16.6. The quantitative estimate of drug-likeness (QED) is 0.292. The first-order chi connectivity index (χ1) is 19.6. The molecule has 0 aromatic heterocycles. The number of aliphatic imine (C=N–C) groups is 1. The molecule has 1 fully saturated rings. The summed E-state index contributed by atoms with van der Waals surface area (Å²) < 4.78 is 23.2. The van der Waals surface area contributed by atoms with E-state index >= 15 is 0 Å². The van der Waals surface area contributed by atoms with Crippen molar-refractivity contribution in [3.63, 3.8) is 0 Å². The van der Waals surface area contributed by atoms with E-state index in [2.05, 4.69) is 5.43 Å². The second-order valence-corrected chi connectivity index (χ2v) is 11.3. The Morgan fingerprint density at radius 2 is 1.85 bits per heavy atom. The van der Waals surface area contributed by atoms with Gasteiger partial charge in [0, 0.05) is 38.1 Å². The molecule has 2 N–H and O–H groups in total. The number of nitrogens with one attached hydrogen (secondary N) is 1. The van der Waals surface area contributed by atoms with Gasteiger partial charge in [-0.2, -0.15) is 0 Å². The Morgan fingerprint density at radius 3 is 2.51 bits per heavy atom. The van der Waals surface area contributed by atoms with Crippen LogP contribution in [0.3, 0.4) is 0 Å². The number of carbonyl (C=O) groups excluding carboxylic acids is 2. The molecule has 0 radical (unpaired) electrons. The molecule has 0 spiro atoms. The van der Waals surface area contributed by atoms with Crippen LogP contribution >= 0.6 is 0 Å². The van der Waals surface area contributed by atoms with Crippen LogP contribution in [0, 0.1) is 0 Å². The van der Waals surface area contributed by atoms with E-state index in [-0.39, 0.29) is 25.4 Å². The fourth-order valence-corrected chi connectivity index (χ4v) is 4.93. The van der Waals surface area contributed by atoms with Gasteiger partial charge in [0.15, 0.2) is 11.6 Å². The van der Waals surface area contributed by atoms with Crippen LogP contribution in [0.4, 0.5) is 0 Å². The molecular weight excluding hydrogens is 526 g/mol. The number of esters is 1. The number of hydrazine groups is 1. The average molecular weight is 568 g/mol. The number of nitrogens with zero attached hydrogens (tertiary/aromatic N) is 2. The van der Waals surface area contributed by atoms with Crippen LogP contribution in [-0.2, 0) is 19.1 Å². The minimum Gasteiger partial charge on any atom is -0.497 e. The van der Waals surface area contributed by atoms with Crippen molar-refractivity contribution in [1.29, 1.82) is 0 Å². The molecule has 0 unspecified atom stereocenters. The number of hydrogen-bond donors (Lipinski definition) is 2. The Kier molecular flexibility index (Phi) is 9.88. The van der Waals surface area contributed by atoms with Gasteiger partial charge in [-0.1, -0.05) is 12.1 Å². The Hall–Kier alpha value is -3.63. The van der Waals surface area contributed by atoms with Gasteiger partial charge in [-0.3, -0.25) is 15.0 Å². The molecule has 2 aliphatic heterocycles. The number of aliphatic hydroxyl groups excluding tert-OH is 1. The largest absolute Gasteiger partial charge is 0.497 e. The van der Waals surface area contributed by atoms with Crippen LogP contribution in [0.2, 0.25) is 0 Å². The summed E-state index contributed by atoms with van der Waals surface area (Å²) in [5.74, 6) is 0.802. The average Bonchev–Trinajstić information content (AvgIpc) is 3.60. The predicted molar refractivity (Wildman–Crippen MR) is 154 cm³/mol. The Labute approximate surface area is 241 Å². The third kappa shape index (κ3) is 7.77. The van der Waals surface area contributed by atoms with Gasteiger partial charge in [0.1, 0.15) is 17.1 Å². The highest BCUT2D eigenvalue weighted by Gasteiger charge is 2.54. The minimum absolute atomic E-state index is 0.0249. The first-order valence-electron chi connectivity index (χ1n) is 14.2. The van der Waals surface area contributed by atoms with E-state index in [4.69, 9.17) is 29.0 Å². The zero-order chi connectivity index (χ0) is 29.5. The van der Waals surface area contributed by atoms with E-state index < -0.39 is 23.2 Å². The summed E-state index contributed by atoms with van der Waals surface area (Å²) in [4.78, 5) is 32.0. The highest BCUT2D eigenvalue weighted by molar-refractivity contribution is 6.01. The van der Waals surface area contributed by atoms with Gasteiger partial charge < -0.3 is 24.1 Å². The fourth-order valence-electron chi connectivity index (χ4n) is 4.93. The van der Waals surface area contributed by atoms with Crippen molar-refractivity contribution in [3.05, 3.63) is 59.7 Å². The summed E-state index contributed by atoms with van der Waals surface area (Å²) in [5.41, 5.74) is 2.32. The predicted octanol–water partition coefficient (Wildman–Crippen LogP) is 3.96. The van der Waals surface area contributed by atoms with E-state index in [1.807, 2.05) is 62.2 Å². The number of carbonyl (C=O) groups is 2. The molecule has 10 heteroatoms. The van der Waals surface area contributed by atoms with Crippen molar-refractivity contribution in [2.45, 2.75) is 70.1 Å². The monoisotopic (exact) mass is 567 g/mol. The number of rotatable bonds is 12. The number of amides is 1. The topological polar surface area (TPSA) is 119 Å². The lowest BCUT2D eigenvalue weighted by molar-refractivity contribution is -0.155. The van der Waals surface area contributed by atoms with Crippen molar-refractivity contribution < 1.29 is 33.6 Å². The first-order valence-corrected chi connectivity index (χ1v) is 14.2. The number of aliphatic hydroxyl groups is 1. The molecule has 1 amide bonds. The SMILES string of the molecule is COc1cccc([C@@H]2OC(c3ccc(OCCCO)cc3)=N[C@]2(CCC(=O)OC(C)(C)C)C(=O)NN2CCCC2)c1. The maximum absolute atomic E-state index is 14.2. The van der Waals surface area contributed by atoms with Crippen molar-refractivity contribution in [3.8, 4) is 11.5 Å². The molecule has 2 aromatic rings.